The highest BCUT2D eigenvalue weighted by Gasteiger charge is 2.08. The van der Waals surface area contributed by atoms with Crippen LogP contribution in [-0.4, -0.2) is 6.54 Å². The maximum absolute atomic E-state index is 13.5. The average Bonchev–Trinajstić information content (AvgIpc) is 2.25. The molecule has 0 atom stereocenters. The Labute approximate surface area is 104 Å². The third-order valence-electron chi connectivity index (χ3n) is 2.35. The topological polar surface area (TPSA) is 12.0 Å². The number of nitrogens with one attached hydrogen (secondary N) is 1. The van der Waals surface area contributed by atoms with Crippen LogP contribution in [0.5, 0.6) is 0 Å². The minimum absolute atomic E-state index is 0.282. The van der Waals surface area contributed by atoms with Gasteiger partial charge in [-0.05, 0) is 29.8 Å². The summed E-state index contributed by atoms with van der Waals surface area (Å²) in [7, 11) is 0. The SMILES string of the molecule is Fc1cc(Cl)ccc1CC1=CC=C(Cl)CN1. The van der Waals surface area contributed by atoms with Gasteiger partial charge in [0.2, 0.25) is 0 Å². The van der Waals surface area contributed by atoms with Crippen LogP contribution in [0.4, 0.5) is 4.39 Å². The zero-order valence-corrected chi connectivity index (χ0v) is 9.95. The van der Waals surface area contributed by atoms with Crippen LogP contribution in [0.25, 0.3) is 0 Å². The van der Waals surface area contributed by atoms with Crippen LogP contribution in [0, 0.1) is 5.82 Å². The maximum atomic E-state index is 13.5. The smallest absolute Gasteiger partial charge is 0.128 e. The fourth-order valence-corrected chi connectivity index (χ4v) is 1.79. The van der Waals surface area contributed by atoms with Crippen molar-refractivity contribution >= 4 is 23.2 Å². The molecule has 0 fully saturated rings. The largest absolute Gasteiger partial charge is 0.383 e. The van der Waals surface area contributed by atoms with Gasteiger partial charge in [-0.3, -0.25) is 0 Å². The molecule has 84 valence electrons. The quantitative estimate of drug-likeness (QED) is 0.854. The van der Waals surface area contributed by atoms with Crippen LogP contribution in [0.1, 0.15) is 5.56 Å². The van der Waals surface area contributed by atoms with Gasteiger partial charge in [-0.1, -0.05) is 29.3 Å². The van der Waals surface area contributed by atoms with Crippen molar-refractivity contribution in [3.05, 3.63) is 57.5 Å². The van der Waals surface area contributed by atoms with Crippen molar-refractivity contribution in [1.29, 1.82) is 0 Å². The summed E-state index contributed by atoms with van der Waals surface area (Å²) in [6, 6.07) is 4.70. The lowest BCUT2D eigenvalue weighted by molar-refractivity contribution is 0.611. The summed E-state index contributed by atoms with van der Waals surface area (Å²) in [5.74, 6) is -0.282. The molecule has 1 heterocycles. The minimum Gasteiger partial charge on any atom is -0.383 e. The van der Waals surface area contributed by atoms with Crippen molar-refractivity contribution in [2.24, 2.45) is 0 Å². The molecule has 0 saturated heterocycles. The Bertz CT molecular complexity index is 466. The Balaban J connectivity index is 2.15. The summed E-state index contributed by atoms with van der Waals surface area (Å²) in [6.07, 6.45) is 4.20. The fourth-order valence-electron chi connectivity index (χ4n) is 1.50. The number of halogens is 3. The number of allylic oxidation sites excluding steroid dienone is 3. The van der Waals surface area contributed by atoms with E-state index >= 15 is 0 Å². The Hall–Kier alpha value is -0.990. The van der Waals surface area contributed by atoms with E-state index in [0.717, 1.165) is 10.7 Å². The number of dihydropyridines is 1. The number of rotatable bonds is 2. The van der Waals surface area contributed by atoms with Gasteiger partial charge in [0.05, 0.1) is 6.54 Å². The second kappa shape index (κ2) is 4.89. The second-order valence-corrected chi connectivity index (χ2v) is 4.49. The molecule has 1 aliphatic heterocycles. The molecular formula is C12H10Cl2FN. The van der Waals surface area contributed by atoms with Gasteiger partial charge in [-0.15, -0.1) is 0 Å². The number of hydrogen-bond acceptors (Lipinski definition) is 1. The van der Waals surface area contributed by atoms with Gasteiger partial charge in [-0.25, -0.2) is 4.39 Å². The van der Waals surface area contributed by atoms with Gasteiger partial charge in [0.25, 0.3) is 0 Å². The molecule has 0 spiro atoms. The lowest BCUT2D eigenvalue weighted by atomic mass is 10.1. The van der Waals surface area contributed by atoms with Crippen molar-refractivity contribution in [2.75, 3.05) is 6.54 Å². The van der Waals surface area contributed by atoms with E-state index in [1.54, 1.807) is 12.1 Å². The number of hydrogen-bond donors (Lipinski definition) is 1. The van der Waals surface area contributed by atoms with Gasteiger partial charge in [0.15, 0.2) is 0 Å². The molecule has 1 aliphatic rings. The lowest BCUT2D eigenvalue weighted by Gasteiger charge is -2.14. The van der Waals surface area contributed by atoms with E-state index < -0.39 is 0 Å². The molecule has 0 unspecified atom stereocenters. The molecule has 1 nitrogen and oxygen atoms in total. The van der Waals surface area contributed by atoms with Crippen molar-refractivity contribution < 1.29 is 4.39 Å². The normalized spacial score (nSPS) is 15.2. The summed E-state index contributed by atoms with van der Waals surface area (Å²) >= 11 is 11.5. The van der Waals surface area contributed by atoms with Gasteiger partial charge in [0, 0.05) is 22.2 Å². The molecule has 0 bridgehead atoms. The van der Waals surface area contributed by atoms with E-state index in [-0.39, 0.29) is 5.82 Å². The summed E-state index contributed by atoms with van der Waals surface area (Å²) < 4.78 is 13.5. The molecule has 16 heavy (non-hydrogen) atoms. The minimum atomic E-state index is -0.282. The molecule has 0 aliphatic carbocycles. The summed E-state index contributed by atoms with van der Waals surface area (Å²) in [4.78, 5) is 0. The van der Waals surface area contributed by atoms with Crippen LogP contribution in [0.15, 0.2) is 41.1 Å². The van der Waals surface area contributed by atoms with Crippen molar-refractivity contribution in [3.63, 3.8) is 0 Å². The summed E-state index contributed by atoms with van der Waals surface area (Å²) in [5.41, 5.74) is 1.57. The third-order valence-corrected chi connectivity index (χ3v) is 2.84. The van der Waals surface area contributed by atoms with Crippen LogP contribution >= 0.6 is 23.2 Å². The van der Waals surface area contributed by atoms with Crippen LogP contribution < -0.4 is 5.32 Å². The van der Waals surface area contributed by atoms with E-state index in [1.807, 2.05) is 12.2 Å². The molecule has 0 radical (unpaired) electrons. The molecule has 0 aromatic heterocycles. The molecule has 0 saturated carbocycles. The summed E-state index contributed by atoms with van der Waals surface area (Å²) in [5, 5.41) is 4.28. The lowest BCUT2D eigenvalue weighted by Crippen LogP contribution is -2.19. The average molecular weight is 258 g/mol. The van der Waals surface area contributed by atoms with Gasteiger partial charge in [0.1, 0.15) is 5.82 Å². The molecule has 1 N–H and O–H groups in total. The molecule has 1 aromatic rings. The van der Waals surface area contributed by atoms with Crippen LogP contribution in [0.2, 0.25) is 5.02 Å². The first kappa shape index (κ1) is 11.5. The van der Waals surface area contributed by atoms with E-state index in [2.05, 4.69) is 5.32 Å². The van der Waals surface area contributed by atoms with E-state index in [0.29, 0.717) is 23.6 Å². The predicted octanol–water partition coefficient (Wildman–Crippen LogP) is 3.63. The molecular weight excluding hydrogens is 248 g/mol. The first-order chi connectivity index (χ1) is 7.65. The van der Waals surface area contributed by atoms with Gasteiger partial charge in [-0.2, -0.15) is 0 Å². The highest BCUT2D eigenvalue weighted by atomic mass is 35.5. The molecule has 0 amide bonds. The van der Waals surface area contributed by atoms with E-state index in [9.17, 15) is 4.39 Å². The van der Waals surface area contributed by atoms with Crippen molar-refractivity contribution in [1.82, 2.24) is 5.32 Å². The monoisotopic (exact) mass is 257 g/mol. The van der Waals surface area contributed by atoms with Crippen LogP contribution in [-0.2, 0) is 6.42 Å². The van der Waals surface area contributed by atoms with E-state index in [1.165, 1.54) is 6.07 Å². The zero-order chi connectivity index (χ0) is 11.5. The Morgan fingerprint density at radius 3 is 2.69 bits per heavy atom. The first-order valence-corrected chi connectivity index (χ1v) is 5.64. The fraction of sp³-hybridized carbons (Fsp3) is 0.167. The Morgan fingerprint density at radius 2 is 2.06 bits per heavy atom. The van der Waals surface area contributed by atoms with Gasteiger partial charge >= 0.3 is 0 Å². The molecule has 1 aromatic carbocycles. The number of benzene rings is 1. The van der Waals surface area contributed by atoms with Crippen molar-refractivity contribution in [2.45, 2.75) is 6.42 Å². The summed E-state index contributed by atoms with van der Waals surface area (Å²) in [6.45, 7) is 0.600. The second-order valence-electron chi connectivity index (χ2n) is 3.57. The standard InChI is InChI=1S/C12H10Cl2FN/c13-9-2-1-8(12(15)6-9)5-11-4-3-10(14)7-16-11/h1-4,6,16H,5,7H2. The predicted molar refractivity (Wildman–Crippen MR) is 65.1 cm³/mol. The highest BCUT2D eigenvalue weighted by molar-refractivity contribution is 6.30. The third kappa shape index (κ3) is 2.77. The van der Waals surface area contributed by atoms with Gasteiger partial charge < -0.3 is 5.32 Å². The van der Waals surface area contributed by atoms with Crippen molar-refractivity contribution in [3.8, 4) is 0 Å². The van der Waals surface area contributed by atoms with Crippen LogP contribution in [0.3, 0.4) is 0 Å². The maximum Gasteiger partial charge on any atom is 0.128 e. The molecule has 4 heteroatoms. The first-order valence-electron chi connectivity index (χ1n) is 4.88. The van der Waals surface area contributed by atoms with E-state index in [4.69, 9.17) is 23.2 Å². The zero-order valence-electron chi connectivity index (χ0n) is 8.43. The molecule has 2 rings (SSSR count). The Kier molecular flexibility index (Phi) is 3.52. The highest BCUT2D eigenvalue weighted by Crippen LogP contribution is 2.18. The Morgan fingerprint density at radius 1 is 1.25 bits per heavy atom.